The fourth-order valence-corrected chi connectivity index (χ4v) is 4.27. The molecule has 1 saturated heterocycles. The zero-order valence-corrected chi connectivity index (χ0v) is 15.9. The van der Waals surface area contributed by atoms with Crippen molar-refractivity contribution in [2.75, 3.05) is 31.9 Å². The van der Waals surface area contributed by atoms with Crippen LogP contribution in [0.2, 0.25) is 0 Å². The Morgan fingerprint density at radius 3 is 1.88 bits per heavy atom. The van der Waals surface area contributed by atoms with Crippen LogP contribution in [0.4, 0.5) is 0 Å². The maximum atomic E-state index is 12.1. The molecule has 150 valence electrons. The second-order valence-corrected chi connectivity index (χ2v) is 8.74. The summed E-state index contributed by atoms with van der Waals surface area (Å²) in [5.74, 6) is -2.57. The number of carboxylic acids is 2. The lowest BCUT2D eigenvalue weighted by atomic mass is 10.0. The van der Waals surface area contributed by atoms with Crippen molar-refractivity contribution in [1.82, 2.24) is 9.21 Å². The number of hydrogen-bond donors (Lipinski definition) is 2. The molecule has 0 aromatic carbocycles. The molecule has 1 aliphatic heterocycles. The minimum absolute atomic E-state index is 0.141. The number of hydrogen-bond acceptors (Lipinski definition) is 5. The Morgan fingerprint density at radius 1 is 0.962 bits per heavy atom. The first-order chi connectivity index (χ1) is 12.2. The molecule has 9 nitrogen and oxygen atoms in total. The number of sulfonamides is 1. The molecule has 26 heavy (non-hydrogen) atoms. The second kappa shape index (κ2) is 10.5. The average molecular weight is 392 g/mol. The standard InChI is InChI=1S/C14H26N2O3S.C2H2O4/c1-2-20(18,19)16-11-9-15(10-12-16)14(17)8-7-13-5-3-4-6-13;3-1(4)2(5)6/h13H,2-12H2,1H3;(H,3,4)(H,5,6). The summed E-state index contributed by atoms with van der Waals surface area (Å²) in [6.07, 6.45) is 6.81. The van der Waals surface area contributed by atoms with Crippen LogP contribution in [0.3, 0.4) is 0 Å². The van der Waals surface area contributed by atoms with Crippen LogP contribution in [0.15, 0.2) is 0 Å². The van der Waals surface area contributed by atoms with E-state index in [1.54, 1.807) is 6.92 Å². The fraction of sp³-hybridized carbons (Fsp3) is 0.812. The van der Waals surface area contributed by atoms with E-state index >= 15 is 0 Å². The minimum atomic E-state index is -3.10. The first kappa shape index (κ1) is 22.4. The van der Waals surface area contributed by atoms with Crippen molar-refractivity contribution in [3.05, 3.63) is 0 Å². The molecule has 10 heteroatoms. The molecule has 2 aliphatic rings. The highest BCUT2D eigenvalue weighted by Crippen LogP contribution is 2.28. The van der Waals surface area contributed by atoms with Crippen LogP contribution < -0.4 is 0 Å². The van der Waals surface area contributed by atoms with Gasteiger partial charge >= 0.3 is 11.9 Å². The van der Waals surface area contributed by atoms with E-state index in [0.717, 1.165) is 12.3 Å². The van der Waals surface area contributed by atoms with Gasteiger partial charge in [0.25, 0.3) is 0 Å². The van der Waals surface area contributed by atoms with Gasteiger partial charge in [-0.2, -0.15) is 4.31 Å². The van der Waals surface area contributed by atoms with Gasteiger partial charge in [-0.15, -0.1) is 0 Å². The van der Waals surface area contributed by atoms with Crippen molar-refractivity contribution >= 4 is 27.9 Å². The monoisotopic (exact) mass is 392 g/mol. The maximum Gasteiger partial charge on any atom is 0.414 e. The lowest BCUT2D eigenvalue weighted by Gasteiger charge is -2.34. The summed E-state index contributed by atoms with van der Waals surface area (Å²) < 4.78 is 25.0. The van der Waals surface area contributed by atoms with Crippen LogP contribution in [-0.2, 0) is 24.4 Å². The van der Waals surface area contributed by atoms with Gasteiger partial charge in [0.05, 0.1) is 5.75 Å². The first-order valence-corrected chi connectivity index (χ1v) is 10.5. The molecule has 1 aliphatic carbocycles. The van der Waals surface area contributed by atoms with E-state index < -0.39 is 22.0 Å². The molecule has 0 spiro atoms. The van der Waals surface area contributed by atoms with Crippen molar-refractivity contribution in [3.63, 3.8) is 0 Å². The maximum absolute atomic E-state index is 12.1. The molecule has 1 heterocycles. The Hall–Kier alpha value is -1.68. The molecule has 0 unspecified atom stereocenters. The van der Waals surface area contributed by atoms with Gasteiger partial charge in [-0.25, -0.2) is 18.0 Å². The topological polar surface area (TPSA) is 132 Å². The lowest BCUT2D eigenvalue weighted by Crippen LogP contribution is -2.50. The van der Waals surface area contributed by atoms with Crippen LogP contribution in [0.25, 0.3) is 0 Å². The fourth-order valence-electron chi connectivity index (χ4n) is 3.18. The zero-order chi connectivity index (χ0) is 19.7. The summed E-state index contributed by atoms with van der Waals surface area (Å²) in [5.41, 5.74) is 0. The molecule has 2 N–H and O–H groups in total. The van der Waals surface area contributed by atoms with E-state index in [9.17, 15) is 13.2 Å². The van der Waals surface area contributed by atoms with Crippen LogP contribution in [0.5, 0.6) is 0 Å². The van der Waals surface area contributed by atoms with E-state index in [0.29, 0.717) is 32.6 Å². The number of rotatable bonds is 5. The predicted molar refractivity (Wildman–Crippen MR) is 94.1 cm³/mol. The van der Waals surface area contributed by atoms with E-state index in [1.165, 1.54) is 30.0 Å². The Bertz CT molecular complexity index is 580. The number of aliphatic carboxylic acids is 2. The van der Waals surface area contributed by atoms with Crippen LogP contribution in [0.1, 0.15) is 45.4 Å². The Labute approximate surface area is 154 Å². The highest BCUT2D eigenvalue weighted by atomic mass is 32.2. The Morgan fingerprint density at radius 2 is 1.46 bits per heavy atom. The van der Waals surface area contributed by atoms with Gasteiger partial charge in [0.2, 0.25) is 15.9 Å². The van der Waals surface area contributed by atoms with Crippen molar-refractivity contribution in [3.8, 4) is 0 Å². The largest absolute Gasteiger partial charge is 0.473 e. The molecule has 0 bridgehead atoms. The van der Waals surface area contributed by atoms with Crippen molar-refractivity contribution in [1.29, 1.82) is 0 Å². The van der Waals surface area contributed by atoms with Crippen LogP contribution >= 0.6 is 0 Å². The third-order valence-electron chi connectivity index (χ3n) is 4.77. The van der Waals surface area contributed by atoms with Gasteiger partial charge in [0.1, 0.15) is 0 Å². The van der Waals surface area contributed by atoms with Gasteiger partial charge < -0.3 is 15.1 Å². The Kier molecular flexibility index (Phi) is 9.00. The van der Waals surface area contributed by atoms with E-state index in [1.807, 2.05) is 4.90 Å². The molecule has 1 saturated carbocycles. The quantitative estimate of drug-likeness (QED) is 0.655. The van der Waals surface area contributed by atoms with Gasteiger partial charge in [-0.3, -0.25) is 4.79 Å². The number of carbonyl (C=O) groups excluding carboxylic acids is 1. The molecule has 2 rings (SSSR count). The number of carboxylic acid groups (broad SMARTS) is 2. The molecule has 1 amide bonds. The number of piperazine rings is 1. The van der Waals surface area contributed by atoms with Crippen molar-refractivity contribution in [2.24, 2.45) is 5.92 Å². The predicted octanol–water partition coefficient (Wildman–Crippen LogP) is 0.606. The first-order valence-electron chi connectivity index (χ1n) is 8.89. The summed E-state index contributed by atoms with van der Waals surface area (Å²) in [4.78, 5) is 32.2. The number of nitrogens with zero attached hydrogens (tertiary/aromatic N) is 2. The normalized spacial score (nSPS) is 18.9. The summed E-state index contributed by atoms with van der Waals surface area (Å²) in [6, 6.07) is 0. The number of amides is 1. The SMILES string of the molecule is CCS(=O)(=O)N1CCN(C(=O)CCC2CCCC2)CC1.O=C(O)C(=O)O. The highest BCUT2D eigenvalue weighted by molar-refractivity contribution is 7.89. The van der Waals surface area contributed by atoms with E-state index in [4.69, 9.17) is 19.8 Å². The summed E-state index contributed by atoms with van der Waals surface area (Å²) >= 11 is 0. The lowest BCUT2D eigenvalue weighted by molar-refractivity contribution is -0.159. The molecular weight excluding hydrogens is 364 g/mol. The van der Waals surface area contributed by atoms with Gasteiger partial charge in [-0.05, 0) is 19.3 Å². The van der Waals surface area contributed by atoms with Gasteiger partial charge in [0.15, 0.2) is 0 Å². The Balaban J connectivity index is 0.000000487. The third kappa shape index (κ3) is 7.28. The molecule has 0 aromatic heterocycles. The summed E-state index contributed by atoms with van der Waals surface area (Å²) in [5, 5.41) is 14.8. The molecule has 2 fully saturated rings. The van der Waals surface area contributed by atoms with Crippen LogP contribution in [-0.4, -0.2) is 77.6 Å². The zero-order valence-electron chi connectivity index (χ0n) is 15.1. The summed E-state index contributed by atoms with van der Waals surface area (Å²) in [7, 11) is -3.10. The molecule has 0 atom stereocenters. The molecule has 0 aromatic rings. The average Bonchev–Trinajstić information content (AvgIpc) is 3.13. The number of carbonyl (C=O) groups is 3. The summed E-state index contributed by atoms with van der Waals surface area (Å²) in [6.45, 7) is 3.65. The highest BCUT2D eigenvalue weighted by Gasteiger charge is 2.27. The molecular formula is C16H28N2O7S. The van der Waals surface area contributed by atoms with Gasteiger partial charge in [-0.1, -0.05) is 25.7 Å². The van der Waals surface area contributed by atoms with Crippen LogP contribution in [0, 0.1) is 5.92 Å². The second-order valence-electron chi connectivity index (χ2n) is 6.48. The smallest absolute Gasteiger partial charge is 0.414 e. The van der Waals surface area contributed by atoms with E-state index in [-0.39, 0.29) is 11.7 Å². The van der Waals surface area contributed by atoms with Crippen molar-refractivity contribution < 1.29 is 33.0 Å². The van der Waals surface area contributed by atoms with E-state index in [2.05, 4.69) is 0 Å². The van der Waals surface area contributed by atoms with Gasteiger partial charge in [0, 0.05) is 32.6 Å². The van der Waals surface area contributed by atoms with Crippen molar-refractivity contribution in [2.45, 2.75) is 45.4 Å². The minimum Gasteiger partial charge on any atom is -0.473 e. The molecule has 0 radical (unpaired) electrons. The third-order valence-corrected chi connectivity index (χ3v) is 6.66.